The zero-order chi connectivity index (χ0) is 13.1. The highest BCUT2D eigenvalue weighted by atomic mass is 14.9. The summed E-state index contributed by atoms with van der Waals surface area (Å²) in [5.74, 6) is 0. The van der Waals surface area contributed by atoms with Crippen LogP contribution >= 0.6 is 0 Å². The number of rotatable bonds is 4. The van der Waals surface area contributed by atoms with E-state index in [1.54, 1.807) is 0 Å². The summed E-state index contributed by atoms with van der Waals surface area (Å²) in [6.45, 7) is 12.1. The van der Waals surface area contributed by atoms with Gasteiger partial charge >= 0.3 is 0 Å². The Morgan fingerprint density at radius 2 is 1.71 bits per heavy atom. The molecule has 0 heterocycles. The normalized spacial score (nSPS) is 11.3. The molecule has 0 saturated carbocycles. The highest BCUT2D eigenvalue weighted by Crippen LogP contribution is 2.29. The maximum atomic E-state index is 8.57. The summed E-state index contributed by atoms with van der Waals surface area (Å²) in [6, 6.07) is 6.58. The summed E-state index contributed by atoms with van der Waals surface area (Å²) in [7, 11) is 0. The minimum atomic E-state index is 0.0543. The minimum Gasteiger partial charge on any atom is -0.304 e. The molecule has 17 heavy (non-hydrogen) atoms. The Kier molecular flexibility index (Phi) is 4.31. The van der Waals surface area contributed by atoms with E-state index in [1.165, 1.54) is 22.3 Å². The summed E-state index contributed by atoms with van der Waals surface area (Å²) >= 11 is 0. The van der Waals surface area contributed by atoms with Gasteiger partial charge in [-0.25, -0.2) is 0 Å². The van der Waals surface area contributed by atoms with Crippen molar-refractivity contribution < 1.29 is 0 Å². The minimum absolute atomic E-state index is 0.0543. The highest BCUT2D eigenvalue weighted by Gasteiger charge is 2.24. The van der Waals surface area contributed by atoms with Crippen LogP contribution < -0.4 is 5.32 Å². The molecule has 0 spiro atoms. The lowest BCUT2D eigenvalue weighted by molar-refractivity contribution is 0.480. The quantitative estimate of drug-likeness (QED) is 0.637. The summed E-state index contributed by atoms with van der Waals surface area (Å²) in [4.78, 5) is 0. The van der Waals surface area contributed by atoms with Crippen molar-refractivity contribution in [3.63, 3.8) is 0 Å². The number of nitrogens with zero attached hydrogens (tertiary/aromatic N) is 1. The standard InChI is InChI=1S/C15H22N2/c1-11-8-12(2)14(13(3)9-11)15(4,5)10-17-7-6-16/h8-9,17H,7,10H2,1-5H3. The molecule has 0 saturated heterocycles. The molecule has 92 valence electrons. The van der Waals surface area contributed by atoms with Crippen LogP contribution in [0, 0.1) is 32.1 Å². The van der Waals surface area contributed by atoms with Crippen molar-refractivity contribution >= 4 is 0 Å². The third-order valence-electron chi connectivity index (χ3n) is 3.12. The Bertz CT molecular complexity index is 416. The van der Waals surface area contributed by atoms with Crippen molar-refractivity contribution in [3.8, 4) is 6.07 Å². The summed E-state index contributed by atoms with van der Waals surface area (Å²) in [6.07, 6.45) is 0. The van der Waals surface area contributed by atoms with Gasteiger partial charge in [-0.2, -0.15) is 5.26 Å². The third-order valence-corrected chi connectivity index (χ3v) is 3.12. The Morgan fingerprint density at radius 3 is 2.18 bits per heavy atom. The van der Waals surface area contributed by atoms with Gasteiger partial charge in [0.1, 0.15) is 0 Å². The molecule has 2 nitrogen and oxygen atoms in total. The van der Waals surface area contributed by atoms with E-state index in [1.807, 2.05) is 0 Å². The van der Waals surface area contributed by atoms with E-state index in [4.69, 9.17) is 5.26 Å². The van der Waals surface area contributed by atoms with Gasteiger partial charge in [-0.1, -0.05) is 31.5 Å². The predicted octanol–water partition coefficient (Wildman–Crippen LogP) is 3.00. The van der Waals surface area contributed by atoms with Gasteiger partial charge in [0.25, 0.3) is 0 Å². The van der Waals surface area contributed by atoms with Crippen molar-refractivity contribution in [1.29, 1.82) is 5.26 Å². The molecule has 0 atom stereocenters. The van der Waals surface area contributed by atoms with Gasteiger partial charge in [-0.05, 0) is 37.5 Å². The molecule has 0 aromatic heterocycles. The van der Waals surface area contributed by atoms with Crippen LogP contribution in [0.5, 0.6) is 0 Å². The number of nitriles is 1. The van der Waals surface area contributed by atoms with E-state index in [9.17, 15) is 0 Å². The van der Waals surface area contributed by atoms with Crippen molar-refractivity contribution in [2.75, 3.05) is 13.1 Å². The average Bonchev–Trinajstić information content (AvgIpc) is 2.15. The predicted molar refractivity (Wildman–Crippen MR) is 72.2 cm³/mol. The van der Waals surface area contributed by atoms with Gasteiger partial charge in [0.05, 0.1) is 12.6 Å². The molecule has 0 fully saturated rings. The van der Waals surface area contributed by atoms with E-state index < -0.39 is 0 Å². The fourth-order valence-electron chi connectivity index (χ4n) is 2.77. The van der Waals surface area contributed by atoms with Crippen LogP contribution in [0.15, 0.2) is 12.1 Å². The van der Waals surface area contributed by atoms with E-state index in [0.29, 0.717) is 6.54 Å². The fraction of sp³-hybridized carbons (Fsp3) is 0.533. The second-order valence-corrected chi connectivity index (χ2v) is 5.42. The topological polar surface area (TPSA) is 35.8 Å². The maximum Gasteiger partial charge on any atom is 0.0841 e. The van der Waals surface area contributed by atoms with Gasteiger partial charge in [0.2, 0.25) is 0 Å². The van der Waals surface area contributed by atoms with Crippen LogP contribution in [-0.4, -0.2) is 13.1 Å². The van der Waals surface area contributed by atoms with E-state index in [0.717, 1.165) is 6.54 Å². The number of nitrogens with one attached hydrogen (secondary N) is 1. The molecular formula is C15H22N2. The molecule has 0 amide bonds. The molecule has 0 bridgehead atoms. The molecule has 2 heteroatoms. The smallest absolute Gasteiger partial charge is 0.0841 e. The molecule has 0 unspecified atom stereocenters. The molecule has 0 aliphatic carbocycles. The van der Waals surface area contributed by atoms with Crippen molar-refractivity contribution in [2.45, 2.75) is 40.0 Å². The van der Waals surface area contributed by atoms with E-state index in [2.05, 4.69) is 58.1 Å². The Hall–Kier alpha value is -1.33. The Balaban J connectivity index is 3.02. The zero-order valence-corrected chi connectivity index (χ0v) is 11.5. The largest absolute Gasteiger partial charge is 0.304 e. The Morgan fingerprint density at radius 1 is 1.18 bits per heavy atom. The lowest BCUT2D eigenvalue weighted by Gasteiger charge is -2.29. The number of aryl methyl sites for hydroxylation is 3. The van der Waals surface area contributed by atoms with Gasteiger partial charge < -0.3 is 5.32 Å². The van der Waals surface area contributed by atoms with Crippen molar-refractivity contribution in [2.24, 2.45) is 0 Å². The zero-order valence-electron chi connectivity index (χ0n) is 11.5. The number of benzene rings is 1. The van der Waals surface area contributed by atoms with Crippen LogP contribution in [0.2, 0.25) is 0 Å². The average molecular weight is 230 g/mol. The fourth-order valence-corrected chi connectivity index (χ4v) is 2.77. The Labute approximate surface area is 105 Å². The van der Waals surface area contributed by atoms with Crippen LogP contribution in [0.25, 0.3) is 0 Å². The molecule has 0 aliphatic rings. The second-order valence-electron chi connectivity index (χ2n) is 5.42. The molecular weight excluding hydrogens is 208 g/mol. The van der Waals surface area contributed by atoms with Gasteiger partial charge in [-0.3, -0.25) is 0 Å². The molecule has 1 aromatic carbocycles. The first-order valence-corrected chi connectivity index (χ1v) is 6.04. The first-order chi connectivity index (χ1) is 7.88. The lowest BCUT2D eigenvalue weighted by atomic mass is 9.79. The summed E-state index contributed by atoms with van der Waals surface area (Å²) in [5, 5.41) is 11.7. The van der Waals surface area contributed by atoms with Gasteiger partial charge in [0.15, 0.2) is 0 Å². The SMILES string of the molecule is Cc1cc(C)c(C(C)(C)CNCC#N)c(C)c1. The first-order valence-electron chi connectivity index (χ1n) is 6.04. The molecule has 1 N–H and O–H groups in total. The molecule has 1 rings (SSSR count). The number of hydrogen-bond donors (Lipinski definition) is 1. The molecule has 0 aliphatic heterocycles. The summed E-state index contributed by atoms with van der Waals surface area (Å²) < 4.78 is 0. The summed E-state index contributed by atoms with van der Waals surface area (Å²) in [5.41, 5.74) is 5.44. The van der Waals surface area contributed by atoms with Gasteiger partial charge in [0, 0.05) is 12.0 Å². The monoisotopic (exact) mass is 230 g/mol. The highest BCUT2D eigenvalue weighted by molar-refractivity contribution is 5.42. The third kappa shape index (κ3) is 3.31. The van der Waals surface area contributed by atoms with Crippen molar-refractivity contribution in [3.05, 3.63) is 34.4 Å². The lowest BCUT2D eigenvalue weighted by Crippen LogP contribution is -2.34. The van der Waals surface area contributed by atoms with Crippen LogP contribution in [0.3, 0.4) is 0 Å². The molecule has 1 aromatic rings. The maximum absolute atomic E-state index is 8.57. The van der Waals surface area contributed by atoms with Crippen LogP contribution in [0.1, 0.15) is 36.1 Å². The van der Waals surface area contributed by atoms with Crippen LogP contribution in [0.4, 0.5) is 0 Å². The van der Waals surface area contributed by atoms with Gasteiger partial charge in [-0.15, -0.1) is 0 Å². The second kappa shape index (κ2) is 5.33. The first kappa shape index (κ1) is 13.7. The van der Waals surface area contributed by atoms with E-state index in [-0.39, 0.29) is 5.41 Å². The van der Waals surface area contributed by atoms with Crippen molar-refractivity contribution in [1.82, 2.24) is 5.32 Å². The van der Waals surface area contributed by atoms with E-state index >= 15 is 0 Å². The van der Waals surface area contributed by atoms with Crippen LogP contribution in [-0.2, 0) is 5.41 Å². The number of hydrogen-bond acceptors (Lipinski definition) is 2. The molecule has 0 radical (unpaired) electrons.